The lowest BCUT2D eigenvalue weighted by molar-refractivity contribution is -0.111. The van der Waals surface area contributed by atoms with Gasteiger partial charge in [0.15, 0.2) is 0 Å². The van der Waals surface area contributed by atoms with Gasteiger partial charge in [-0.3, -0.25) is 9.69 Å². The van der Waals surface area contributed by atoms with Gasteiger partial charge < -0.3 is 20.1 Å². The molecule has 1 aromatic heterocycles. The molecule has 2 aromatic rings. The van der Waals surface area contributed by atoms with Crippen LogP contribution in [0.25, 0.3) is 6.08 Å². The Morgan fingerprint density at radius 1 is 1.19 bits per heavy atom. The zero-order valence-corrected chi connectivity index (χ0v) is 18.4. The molecule has 170 valence electrons. The zero-order chi connectivity index (χ0) is 22.6. The number of rotatable bonds is 10. The molecule has 0 radical (unpaired) electrons. The van der Waals surface area contributed by atoms with Crippen LogP contribution in [0.3, 0.4) is 0 Å². The summed E-state index contributed by atoms with van der Waals surface area (Å²) in [5, 5.41) is 13.0. The van der Waals surface area contributed by atoms with Crippen molar-refractivity contribution in [3.05, 3.63) is 73.0 Å². The number of aliphatic hydroxyl groups excluding tert-OH is 1. The number of amides is 1. The van der Waals surface area contributed by atoms with E-state index in [-0.39, 0.29) is 5.91 Å². The molecule has 0 spiro atoms. The molecule has 1 aromatic carbocycles. The van der Waals surface area contributed by atoms with Crippen LogP contribution in [-0.2, 0) is 9.53 Å². The fraction of sp³-hybridized carbons (Fsp3) is 0.360. The van der Waals surface area contributed by atoms with Gasteiger partial charge in [0.25, 0.3) is 0 Å². The van der Waals surface area contributed by atoms with E-state index < -0.39 is 6.10 Å². The summed E-state index contributed by atoms with van der Waals surface area (Å²) < 4.78 is 5.33. The lowest BCUT2D eigenvalue weighted by atomic mass is 10.2. The molecular weight excluding hydrogens is 404 g/mol. The van der Waals surface area contributed by atoms with Crippen molar-refractivity contribution in [3.63, 3.8) is 0 Å². The molecule has 2 heterocycles. The van der Waals surface area contributed by atoms with E-state index in [9.17, 15) is 9.90 Å². The van der Waals surface area contributed by atoms with Crippen molar-refractivity contribution in [2.45, 2.75) is 12.5 Å². The third kappa shape index (κ3) is 7.92. The first-order valence-electron chi connectivity index (χ1n) is 11.0. The van der Waals surface area contributed by atoms with Crippen LogP contribution in [0.2, 0.25) is 0 Å². The molecule has 0 unspecified atom stereocenters. The lowest BCUT2D eigenvalue weighted by Crippen LogP contribution is -2.37. The van der Waals surface area contributed by atoms with Gasteiger partial charge >= 0.3 is 0 Å². The number of nitrogens with zero attached hydrogens (tertiary/aromatic N) is 3. The van der Waals surface area contributed by atoms with Crippen LogP contribution in [0.1, 0.15) is 12.0 Å². The van der Waals surface area contributed by atoms with Crippen molar-refractivity contribution in [1.82, 2.24) is 9.88 Å². The standard InChI is InChI=1S/C25H32N4O3/c1-2-17-32-20-23(30)19-28-13-6-14-29(16-15-28)24-11-10-22(18-26-24)27-25(31)12-9-21-7-4-3-5-8-21/h2-5,7-12,18,23,30H,1,6,13-17,19-20H2,(H,27,31)/b12-9+/t23-/m1/s1. The van der Waals surface area contributed by atoms with E-state index in [1.807, 2.05) is 42.5 Å². The minimum absolute atomic E-state index is 0.190. The largest absolute Gasteiger partial charge is 0.389 e. The van der Waals surface area contributed by atoms with Gasteiger partial charge in [-0.05, 0) is 36.7 Å². The summed E-state index contributed by atoms with van der Waals surface area (Å²) in [7, 11) is 0. The second-order valence-corrected chi connectivity index (χ2v) is 7.76. The molecule has 0 aliphatic carbocycles. The van der Waals surface area contributed by atoms with Crippen molar-refractivity contribution in [2.24, 2.45) is 0 Å². The highest BCUT2D eigenvalue weighted by molar-refractivity contribution is 6.01. The van der Waals surface area contributed by atoms with Gasteiger partial charge in [0, 0.05) is 32.3 Å². The van der Waals surface area contributed by atoms with Crippen molar-refractivity contribution >= 4 is 23.5 Å². The first kappa shape index (κ1) is 23.7. The summed E-state index contributed by atoms with van der Waals surface area (Å²) >= 11 is 0. The fourth-order valence-electron chi connectivity index (χ4n) is 3.59. The zero-order valence-electron chi connectivity index (χ0n) is 18.4. The van der Waals surface area contributed by atoms with E-state index in [1.165, 1.54) is 6.08 Å². The Kier molecular flexibility index (Phi) is 9.43. The molecule has 1 aliphatic heterocycles. The Hall–Kier alpha value is -3.00. The number of carbonyl (C=O) groups excluding carboxylic acids is 1. The summed E-state index contributed by atoms with van der Waals surface area (Å²) in [6, 6.07) is 13.5. The topological polar surface area (TPSA) is 77.9 Å². The monoisotopic (exact) mass is 436 g/mol. The molecule has 0 bridgehead atoms. The minimum Gasteiger partial charge on any atom is -0.389 e. The van der Waals surface area contributed by atoms with Gasteiger partial charge in [0.2, 0.25) is 5.91 Å². The Morgan fingerprint density at radius 3 is 2.78 bits per heavy atom. The van der Waals surface area contributed by atoms with E-state index in [4.69, 9.17) is 4.74 Å². The fourth-order valence-corrected chi connectivity index (χ4v) is 3.59. The molecule has 2 N–H and O–H groups in total. The van der Waals surface area contributed by atoms with Crippen LogP contribution >= 0.6 is 0 Å². The molecular formula is C25H32N4O3. The lowest BCUT2D eigenvalue weighted by Gasteiger charge is -2.24. The number of β-amino-alcohol motifs (C(OH)–C–C–N with tert-alkyl or cyclic N) is 1. The number of pyridine rings is 1. The van der Waals surface area contributed by atoms with Gasteiger partial charge in [0.05, 0.1) is 31.2 Å². The molecule has 1 amide bonds. The SMILES string of the molecule is C=CCOC[C@H](O)CN1CCCN(c2ccc(NC(=O)/C=C/c3ccccc3)cn2)CC1. The number of hydrogen-bond donors (Lipinski definition) is 2. The quantitative estimate of drug-likeness (QED) is 0.339. The van der Waals surface area contributed by atoms with E-state index in [2.05, 4.69) is 26.7 Å². The predicted octanol–water partition coefficient (Wildman–Crippen LogP) is 2.81. The molecule has 0 saturated carbocycles. The van der Waals surface area contributed by atoms with Gasteiger partial charge in [-0.15, -0.1) is 6.58 Å². The first-order chi connectivity index (χ1) is 15.6. The Balaban J connectivity index is 1.46. The van der Waals surface area contributed by atoms with Crippen molar-refractivity contribution in [1.29, 1.82) is 0 Å². The summed E-state index contributed by atoms with van der Waals surface area (Å²) in [6.07, 6.45) is 7.16. The molecule has 1 fully saturated rings. The number of ether oxygens (including phenoxy) is 1. The molecule has 3 rings (SSSR count). The number of aromatic nitrogens is 1. The Morgan fingerprint density at radius 2 is 2.03 bits per heavy atom. The number of hydrogen-bond acceptors (Lipinski definition) is 6. The molecule has 7 nitrogen and oxygen atoms in total. The van der Waals surface area contributed by atoms with Crippen LogP contribution in [-0.4, -0.2) is 72.9 Å². The van der Waals surface area contributed by atoms with Gasteiger partial charge in [0.1, 0.15) is 5.82 Å². The van der Waals surface area contributed by atoms with E-state index >= 15 is 0 Å². The minimum atomic E-state index is -0.501. The number of anilines is 2. The maximum Gasteiger partial charge on any atom is 0.248 e. The van der Waals surface area contributed by atoms with Crippen LogP contribution in [0.4, 0.5) is 11.5 Å². The normalized spacial score (nSPS) is 16.0. The average Bonchev–Trinajstić information content (AvgIpc) is 3.05. The summed E-state index contributed by atoms with van der Waals surface area (Å²) in [5.74, 6) is 0.698. The maximum absolute atomic E-state index is 12.1. The van der Waals surface area contributed by atoms with Crippen molar-refractivity contribution in [2.75, 3.05) is 56.2 Å². The predicted molar refractivity (Wildman–Crippen MR) is 129 cm³/mol. The smallest absolute Gasteiger partial charge is 0.248 e. The maximum atomic E-state index is 12.1. The molecule has 32 heavy (non-hydrogen) atoms. The van der Waals surface area contributed by atoms with Crippen LogP contribution in [0.5, 0.6) is 0 Å². The highest BCUT2D eigenvalue weighted by Gasteiger charge is 2.18. The highest BCUT2D eigenvalue weighted by Crippen LogP contribution is 2.17. The van der Waals surface area contributed by atoms with Crippen molar-refractivity contribution < 1.29 is 14.6 Å². The third-order valence-corrected chi connectivity index (χ3v) is 5.17. The molecule has 1 saturated heterocycles. The number of aliphatic hydroxyl groups is 1. The van der Waals surface area contributed by atoms with Crippen LogP contribution in [0.15, 0.2) is 67.4 Å². The van der Waals surface area contributed by atoms with Crippen molar-refractivity contribution in [3.8, 4) is 0 Å². The number of benzene rings is 1. The van der Waals surface area contributed by atoms with E-state index in [1.54, 1.807) is 18.3 Å². The third-order valence-electron chi connectivity index (χ3n) is 5.17. The van der Waals surface area contributed by atoms with Crippen LogP contribution < -0.4 is 10.2 Å². The van der Waals surface area contributed by atoms with E-state index in [0.717, 1.165) is 44.0 Å². The second-order valence-electron chi connectivity index (χ2n) is 7.76. The highest BCUT2D eigenvalue weighted by atomic mass is 16.5. The summed E-state index contributed by atoms with van der Waals surface area (Å²) in [5.41, 5.74) is 1.64. The molecule has 1 aliphatic rings. The summed E-state index contributed by atoms with van der Waals surface area (Å²) in [4.78, 5) is 21.2. The second kappa shape index (κ2) is 12.8. The van der Waals surface area contributed by atoms with Gasteiger partial charge in [-0.25, -0.2) is 4.98 Å². The number of carbonyl (C=O) groups is 1. The molecule has 7 heteroatoms. The molecule has 1 atom stereocenters. The number of nitrogens with one attached hydrogen (secondary N) is 1. The summed E-state index contributed by atoms with van der Waals surface area (Å²) in [6.45, 7) is 8.49. The van der Waals surface area contributed by atoms with Gasteiger partial charge in [-0.2, -0.15) is 0 Å². The van der Waals surface area contributed by atoms with Crippen LogP contribution in [0, 0.1) is 0 Å². The Bertz CT molecular complexity index is 871. The first-order valence-corrected chi connectivity index (χ1v) is 11.0. The average molecular weight is 437 g/mol. The van der Waals surface area contributed by atoms with E-state index in [0.29, 0.717) is 25.4 Å². The Labute approximate surface area is 190 Å². The van der Waals surface area contributed by atoms with Gasteiger partial charge in [-0.1, -0.05) is 36.4 Å².